The van der Waals surface area contributed by atoms with E-state index in [0.717, 1.165) is 0 Å². The van der Waals surface area contributed by atoms with Gasteiger partial charge in [0.1, 0.15) is 10.6 Å². The maximum Gasteiger partial charge on any atom is 0.159 e. The van der Waals surface area contributed by atoms with Crippen LogP contribution in [0.5, 0.6) is 0 Å². The van der Waals surface area contributed by atoms with Crippen LogP contribution in [0.2, 0.25) is 0 Å². The van der Waals surface area contributed by atoms with E-state index in [9.17, 15) is 8.42 Å². The fraction of sp³-hybridized carbons (Fsp3) is 0.778. The number of sulfone groups is 1. The molecule has 0 amide bonds. The molecule has 0 aliphatic heterocycles. The average Bonchev–Trinajstić information content (AvgIpc) is 2.58. The summed E-state index contributed by atoms with van der Waals surface area (Å²) >= 11 is 0. The normalized spacial score (nSPS) is 13.1. The lowest BCUT2D eigenvalue weighted by atomic mass is 10.2. The van der Waals surface area contributed by atoms with E-state index in [-0.39, 0.29) is 6.54 Å². The van der Waals surface area contributed by atoms with E-state index in [1.165, 1.54) is 6.26 Å². The largest absolute Gasteiger partial charge is 0.324 e. The Morgan fingerprint density at radius 1 is 1.38 bits per heavy atom. The predicted molar refractivity (Wildman–Crippen MR) is 61.5 cm³/mol. The van der Waals surface area contributed by atoms with Gasteiger partial charge in [0, 0.05) is 12.8 Å². The van der Waals surface area contributed by atoms with Gasteiger partial charge in [-0.2, -0.15) is 0 Å². The zero-order chi connectivity index (χ0) is 12.6. The zero-order valence-corrected chi connectivity index (χ0v) is 10.9. The van der Waals surface area contributed by atoms with Gasteiger partial charge in [-0.1, -0.05) is 0 Å². The van der Waals surface area contributed by atoms with Gasteiger partial charge in [0.2, 0.25) is 0 Å². The number of aromatic nitrogens is 3. The molecule has 0 aliphatic carbocycles. The molecule has 0 aromatic carbocycles. The minimum absolute atomic E-state index is 0.251. The molecular formula is C9H18N4O2S. The summed E-state index contributed by atoms with van der Waals surface area (Å²) < 4.78 is 24.1. The molecule has 92 valence electrons. The minimum atomic E-state index is -3.25. The SMILES string of the molecule is CCn1c(CN)nnc1C(C)(C)S(C)(=O)=O. The molecule has 1 rings (SSSR count). The van der Waals surface area contributed by atoms with E-state index in [2.05, 4.69) is 10.2 Å². The maximum absolute atomic E-state index is 11.7. The van der Waals surface area contributed by atoms with Crippen LogP contribution in [0.25, 0.3) is 0 Å². The van der Waals surface area contributed by atoms with Gasteiger partial charge in [-0.15, -0.1) is 10.2 Å². The summed E-state index contributed by atoms with van der Waals surface area (Å²) in [7, 11) is -3.25. The second kappa shape index (κ2) is 4.14. The van der Waals surface area contributed by atoms with Crippen LogP contribution in [0.1, 0.15) is 32.4 Å². The summed E-state index contributed by atoms with van der Waals surface area (Å²) in [5, 5.41) is 7.86. The summed E-state index contributed by atoms with van der Waals surface area (Å²) in [6.45, 7) is 6.01. The van der Waals surface area contributed by atoms with Crippen molar-refractivity contribution in [2.24, 2.45) is 5.73 Å². The standard InChI is InChI=1S/C9H18N4O2S/c1-5-13-7(6-10)11-12-8(13)9(2,3)16(4,14)15/h5-6,10H2,1-4H3. The number of nitrogens with zero attached hydrogens (tertiary/aromatic N) is 3. The predicted octanol–water partition coefficient (Wildman–Crippen LogP) is 0.0364. The fourth-order valence-electron chi connectivity index (χ4n) is 1.43. The van der Waals surface area contributed by atoms with Gasteiger partial charge in [-0.05, 0) is 20.8 Å². The Morgan fingerprint density at radius 3 is 2.31 bits per heavy atom. The highest BCUT2D eigenvalue weighted by Gasteiger charge is 2.37. The molecule has 0 aliphatic rings. The van der Waals surface area contributed by atoms with E-state index < -0.39 is 14.6 Å². The second-order valence-electron chi connectivity index (χ2n) is 4.17. The van der Waals surface area contributed by atoms with Crippen molar-refractivity contribution in [3.05, 3.63) is 11.6 Å². The number of hydrogen-bond acceptors (Lipinski definition) is 5. The minimum Gasteiger partial charge on any atom is -0.324 e. The maximum atomic E-state index is 11.7. The molecule has 0 fully saturated rings. The molecule has 0 saturated heterocycles. The zero-order valence-electron chi connectivity index (χ0n) is 10.1. The van der Waals surface area contributed by atoms with E-state index in [1.807, 2.05) is 6.92 Å². The van der Waals surface area contributed by atoms with Gasteiger partial charge >= 0.3 is 0 Å². The molecule has 16 heavy (non-hydrogen) atoms. The molecule has 0 spiro atoms. The van der Waals surface area contributed by atoms with Gasteiger partial charge in [0.25, 0.3) is 0 Å². The molecule has 0 unspecified atom stereocenters. The first-order valence-electron chi connectivity index (χ1n) is 5.08. The molecule has 0 bridgehead atoms. The Hall–Kier alpha value is -0.950. The number of hydrogen-bond donors (Lipinski definition) is 1. The van der Waals surface area contributed by atoms with E-state index in [1.54, 1.807) is 18.4 Å². The van der Waals surface area contributed by atoms with Crippen LogP contribution in [0.3, 0.4) is 0 Å². The van der Waals surface area contributed by atoms with Crippen molar-refractivity contribution in [1.29, 1.82) is 0 Å². The van der Waals surface area contributed by atoms with E-state index in [0.29, 0.717) is 18.2 Å². The molecule has 1 aromatic heterocycles. The van der Waals surface area contributed by atoms with Crippen molar-refractivity contribution < 1.29 is 8.42 Å². The molecule has 1 aromatic rings. The van der Waals surface area contributed by atoms with Crippen molar-refractivity contribution in [1.82, 2.24) is 14.8 Å². The second-order valence-corrected chi connectivity index (χ2v) is 6.74. The van der Waals surface area contributed by atoms with Crippen LogP contribution in [0.4, 0.5) is 0 Å². The molecule has 6 nitrogen and oxygen atoms in total. The average molecular weight is 246 g/mol. The van der Waals surface area contributed by atoms with E-state index in [4.69, 9.17) is 5.73 Å². The first-order chi connectivity index (χ1) is 7.25. The van der Waals surface area contributed by atoms with Crippen LogP contribution < -0.4 is 5.73 Å². The lowest BCUT2D eigenvalue weighted by Crippen LogP contribution is -2.32. The summed E-state index contributed by atoms with van der Waals surface area (Å²) in [4.78, 5) is 0. The Bertz CT molecular complexity index is 476. The van der Waals surface area contributed by atoms with Crippen LogP contribution in [-0.2, 0) is 27.7 Å². The molecule has 0 atom stereocenters. The van der Waals surface area contributed by atoms with Crippen molar-refractivity contribution in [3.63, 3.8) is 0 Å². The number of rotatable bonds is 4. The summed E-state index contributed by atoms with van der Waals surface area (Å²) in [6, 6.07) is 0. The first-order valence-corrected chi connectivity index (χ1v) is 6.97. The van der Waals surface area contributed by atoms with E-state index >= 15 is 0 Å². The van der Waals surface area contributed by atoms with Gasteiger partial charge in [0.05, 0.1) is 6.54 Å². The van der Waals surface area contributed by atoms with Gasteiger partial charge in [0.15, 0.2) is 15.7 Å². The van der Waals surface area contributed by atoms with Crippen LogP contribution in [0, 0.1) is 0 Å². The lowest BCUT2D eigenvalue weighted by Gasteiger charge is -2.22. The Kier molecular flexibility index (Phi) is 3.39. The topological polar surface area (TPSA) is 90.9 Å². The third kappa shape index (κ3) is 1.97. The molecule has 0 saturated carbocycles. The summed E-state index contributed by atoms with van der Waals surface area (Å²) in [6.07, 6.45) is 1.20. The Morgan fingerprint density at radius 2 is 1.94 bits per heavy atom. The van der Waals surface area contributed by atoms with Crippen molar-refractivity contribution in [2.45, 2.75) is 38.6 Å². The highest BCUT2D eigenvalue weighted by Crippen LogP contribution is 2.27. The molecule has 2 N–H and O–H groups in total. The monoisotopic (exact) mass is 246 g/mol. The van der Waals surface area contributed by atoms with Crippen molar-refractivity contribution in [3.8, 4) is 0 Å². The summed E-state index contributed by atoms with van der Waals surface area (Å²) in [5.41, 5.74) is 5.52. The highest BCUT2D eigenvalue weighted by molar-refractivity contribution is 7.91. The lowest BCUT2D eigenvalue weighted by molar-refractivity contribution is 0.529. The van der Waals surface area contributed by atoms with Crippen molar-refractivity contribution >= 4 is 9.84 Å². The Balaban J connectivity index is 3.39. The van der Waals surface area contributed by atoms with Crippen LogP contribution in [-0.4, -0.2) is 29.4 Å². The molecule has 0 radical (unpaired) electrons. The quantitative estimate of drug-likeness (QED) is 0.809. The summed E-state index contributed by atoms with van der Waals surface area (Å²) in [5.74, 6) is 1.05. The third-order valence-electron chi connectivity index (χ3n) is 2.79. The van der Waals surface area contributed by atoms with Gasteiger partial charge in [-0.3, -0.25) is 0 Å². The molecule has 7 heteroatoms. The van der Waals surface area contributed by atoms with Crippen LogP contribution >= 0.6 is 0 Å². The van der Waals surface area contributed by atoms with Gasteiger partial charge in [-0.25, -0.2) is 8.42 Å². The first kappa shape index (κ1) is 13.1. The van der Waals surface area contributed by atoms with Gasteiger partial charge < -0.3 is 10.3 Å². The molecular weight excluding hydrogens is 228 g/mol. The molecule has 1 heterocycles. The van der Waals surface area contributed by atoms with Crippen molar-refractivity contribution in [2.75, 3.05) is 6.26 Å². The highest BCUT2D eigenvalue weighted by atomic mass is 32.2. The fourth-order valence-corrected chi connectivity index (χ4v) is 1.91. The number of nitrogens with two attached hydrogens (primary N) is 1. The smallest absolute Gasteiger partial charge is 0.159 e. The third-order valence-corrected chi connectivity index (χ3v) is 4.83. The van der Waals surface area contributed by atoms with Crippen LogP contribution in [0.15, 0.2) is 0 Å². The Labute approximate surface area is 95.8 Å².